The van der Waals surface area contributed by atoms with Crippen LogP contribution in [0.15, 0.2) is 36.7 Å². The smallest absolute Gasteiger partial charge is 0.265 e. The molecule has 0 spiro atoms. The van der Waals surface area contributed by atoms with E-state index in [9.17, 15) is 9.59 Å². The molecule has 7 nitrogen and oxygen atoms in total. The van der Waals surface area contributed by atoms with Crippen molar-refractivity contribution in [3.05, 3.63) is 42.5 Å². The van der Waals surface area contributed by atoms with Crippen molar-refractivity contribution in [3.63, 3.8) is 0 Å². The Kier molecular flexibility index (Phi) is 4.13. The summed E-state index contributed by atoms with van der Waals surface area (Å²) in [5, 5.41) is 3.07. The van der Waals surface area contributed by atoms with Gasteiger partial charge in [0, 0.05) is 44.4 Å². The summed E-state index contributed by atoms with van der Waals surface area (Å²) in [5.74, 6) is 1.60. The van der Waals surface area contributed by atoms with E-state index in [-0.39, 0.29) is 30.9 Å². The molecule has 1 aromatic carbocycles. The second-order valence-corrected chi connectivity index (χ2v) is 6.35. The number of nitrogens with one attached hydrogen (secondary N) is 1. The van der Waals surface area contributed by atoms with Gasteiger partial charge in [-0.05, 0) is 18.6 Å². The average molecular weight is 340 g/mol. The highest BCUT2D eigenvalue weighted by Crippen LogP contribution is 2.31. The number of fused-ring (bicyclic) bond motifs is 2. The topological polar surface area (TPSA) is 76.5 Å². The Hall–Kier alpha value is -2.83. The van der Waals surface area contributed by atoms with Gasteiger partial charge in [-0.1, -0.05) is 12.1 Å². The lowest BCUT2D eigenvalue weighted by molar-refractivity contribution is -0.122. The standard InChI is InChI=1S/C18H20N4O3/c23-17(20-13-5-6-16-19-8-10-21(16)11-13)7-9-22-14-3-1-2-4-15(14)25-12-18(22)24/h1-4,8,10,13H,5-7,9,11-12H2,(H,20,23). The third-order valence-corrected chi connectivity index (χ3v) is 4.67. The third-order valence-electron chi connectivity index (χ3n) is 4.67. The molecular weight excluding hydrogens is 320 g/mol. The molecule has 0 saturated carbocycles. The van der Waals surface area contributed by atoms with E-state index in [1.165, 1.54) is 0 Å². The molecule has 7 heteroatoms. The van der Waals surface area contributed by atoms with E-state index in [1.807, 2.05) is 30.5 Å². The van der Waals surface area contributed by atoms with E-state index in [1.54, 1.807) is 11.1 Å². The summed E-state index contributed by atoms with van der Waals surface area (Å²) >= 11 is 0. The van der Waals surface area contributed by atoms with Gasteiger partial charge in [0.2, 0.25) is 5.91 Å². The van der Waals surface area contributed by atoms with E-state index >= 15 is 0 Å². The number of amides is 2. The number of carbonyl (C=O) groups excluding carboxylic acids is 2. The number of para-hydroxylation sites is 2. The quantitative estimate of drug-likeness (QED) is 0.905. The molecule has 2 aliphatic heterocycles. The normalized spacial score (nSPS) is 19.0. The Balaban J connectivity index is 1.34. The highest BCUT2D eigenvalue weighted by atomic mass is 16.5. The first-order chi connectivity index (χ1) is 12.2. The first-order valence-corrected chi connectivity index (χ1v) is 8.52. The van der Waals surface area contributed by atoms with Crippen LogP contribution in [0, 0.1) is 0 Å². The van der Waals surface area contributed by atoms with Crippen LogP contribution >= 0.6 is 0 Å². The van der Waals surface area contributed by atoms with E-state index in [4.69, 9.17) is 4.74 Å². The van der Waals surface area contributed by atoms with Crippen molar-refractivity contribution in [2.24, 2.45) is 0 Å². The van der Waals surface area contributed by atoms with Crippen molar-refractivity contribution < 1.29 is 14.3 Å². The molecule has 0 saturated heterocycles. The highest BCUT2D eigenvalue weighted by Gasteiger charge is 2.26. The van der Waals surface area contributed by atoms with Crippen molar-refractivity contribution >= 4 is 17.5 Å². The first kappa shape index (κ1) is 15.7. The number of hydrogen-bond donors (Lipinski definition) is 1. The summed E-state index contributed by atoms with van der Waals surface area (Å²) in [6.45, 7) is 1.12. The molecule has 2 aromatic rings. The van der Waals surface area contributed by atoms with Gasteiger partial charge < -0.3 is 19.5 Å². The third kappa shape index (κ3) is 3.22. The molecule has 2 aliphatic rings. The molecule has 1 unspecified atom stereocenters. The van der Waals surface area contributed by atoms with Crippen LogP contribution in [0.25, 0.3) is 0 Å². The summed E-state index contributed by atoms with van der Waals surface area (Å²) in [7, 11) is 0. The number of anilines is 1. The molecule has 0 bridgehead atoms. The maximum Gasteiger partial charge on any atom is 0.265 e. The number of nitrogens with zero attached hydrogens (tertiary/aromatic N) is 3. The summed E-state index contributed by atoms with van der Waals surface area (Å²) in [6.07, 6.45) is 5.76. The van der Waals surface area contributed by atoms with Crippen LogP contribution < -0.4 is 15.0 Å². The van der Waals surface area contributed by atoms with E-state index in [0.29, 0.717) is 12.3 Å². The molecule has 2 amide bonds. The van der Waals surface area contributed by atoms with Gasteiger partial charge in [-0.2, -0.15) is 0 Å². The van der Waals surface area contributed by atoms with Crippen LogP contribution in [0.4, 0.5) is 5.69 Å². The molecular formula is C18H20N4O3. The van der Waals surface area contributed by atoms with Crippen molar-refractivity contribution in [2.45, 2.75) is 31.8 Å². The van der Waals surface area contributed by atoms with Crippen molar-refractivity contribution in [3.8, 4) is 5.75 Å². The molecule has 4 rings (SSSR count). The molecule has 130 valence electrons. The predicted octanol–water partition coefficient (Wildman–Crippen LogP) is 1.13. The lowest BCUT2D eigenvalue weighted by atomic mass is 10.1. The minimum absolute atomic E-state index is 0.0185. The molecule has 1 atom stereocenters. The summed E-state index contributed by atoms with van der Waals surface area (Å²) in [4.78, 5) is 30.4. The monoisotopic (exact) mass is 340 g/mol. The van der Waals surface area contributed by atoms with Crippen LogP contribution in [0.5, 0.6) is 5.75 Å². The number of carbonyl (C=O) groups is 2. The largest absolute Gasteiger partial charge is 0.482 e. The minimum atomic E-state index is -0.118. The molecule has 25 heavy (non-hydrogen) atoms. The molecule has 0 radical (unpaired) electrons. The zero-order valence-corrected chi connectivity index (χ0v) is 13.9. The summed E-state index contributed by atoms with van der Waals surface area (Å²) < 4.78 is 7.50. The fraction of sp³-hybridized carbons (Fsp3) is 0.389. The Morgan fingerprint density at radius 3 is 3.16 bits per heavy atom. The number of aromatic nitrogens is 2. The summed E-state index contributed by atoms with van der Waals surface area (Å²) in [6, 6.07) is 7.51. The van der Waals surface area contributed by atoms with Crippen LogP contribution in [0.3, 0.4) is 0 Å². The lowest BCUT2D eigenvalue weighted by Crippen LogP contribution is -2.44. The van der Waals surface area contributed by atoms with Gasteiger partial charge >= 0.3 is 0 Å². The first-order valence-electron chi connectivity index (χ1n) is 8.52. The van der Waals surface area contributed by atoms with E-state index in [0.717, 1.165) is 30.9 Å². The minimum Gasteiger partial charge on any atom is -0.482 e. The van der Waals surface area contributed by atoms with Gasteiger partial charge in [0.15, 0.2) is 6.61 Å². The van der Waals surface area contributed by atoms with Crippen LogP contribution in [-0.4, -0.2) is 40.6 Å². The molecule has 3 heterocycles. The van der Waals surface area contributed by atoms with Crippen molar-refractivity contribution in [1.29, 1.82) is 0 Å². The number of benzene rings is 1. The second-order valence-electron chi connectivity index (χ2n) is 6.35. The number of ether oxygens (including phenoxy) is 1. The average Bonchev–Trinajstić information content (AvgIpc) is 3.08. The van der Waals surface area contributed by atoms with Crippen LogP contribution in [0.2, 0.25) is 0 Å². The Morgan fingerprint density at radius 1 is 1.36 bits per heavy atom. The maximum atomic E-state index is 12.3. The van der Waals surface area contributed by atoms with Gasteiger partial charge in [-0.25, -0.2) is 4.98 Å². The van der Waals surface area contributed by atoms with Crippen LogP contribution in [0.1, 0.15) is 18.7 Å². The number of aryl methyl sites for hydroxylation is 1. The Morgan fingerprint density at radius 2 is 2.24 bits per heavy atom. The molecule has 0 fully saturated rings. The predicted molar refractivity (Wildman–Crippen MR) is 91.4 cm³/mol. The van der Waals surface area contributed by atoms with E-state index < -0.39 is 0 Å². The lowest BCUT2D eigenvalue weighted by Gasteiger charge is -2.29. The zero-order chi connectivity index (χ0) is 17.2. The molecule has 1 N–H and O–H groups in total. The second kappa shape index (κ2) is 6.58. The fourth-order valence-electron chi connectivity index (χ4n) is 3.40. The van der Waals surface area contributed by atoms with E-state index in [2.05, 4.69) is 14.9 Å². The number of rotatable bonds is 4. The maximum absolute atomic E-state index is 12.3. The zero-order valence-electron chi connectivity index (χ0n) is 13.9. The van der Waals surface area contributed by atoms with Gasteiger partial charge in [-0.15, -0.1) is 0 Å². The Bertz CT molecular complexity index is 801. The molecule has 1 aromatic heterocycles. The number of imidazole rings is 1. The van der Waals surface area contributed by atoms with Gasteiger partial charge in [-0.3, -0.25) is 9.59 Å². The highest BCUT2D eigenvalue weighted by molar-refractivity contribution is 5.98. The molecule has 0 aliphatic carbocycles. The van der Waals surface area contributed by atoms with Gasteiger partial charge in [0.25, 0.3) is 5.91 Å². The van der Waals surface area contributed by atoms with Crippen molar-refractivity contribution in [2.75, 3.05) is 18.1 Å². The van der Waals surface area contributed by atoms with Crippen molar-refractivity contribution in [1.82, 2.24) is 14.9 Å². The number of hydrogen-bond acceptors (Lipinski definition) is 4. The van der Waals surface area contributed by atoms with Gasteiger partial charge in [0.05, 0.1) is 5.69 Å². The SMILES string of the molecule is O=C(CCN1C(=O)COc2ccccc21)NC1CCc2nccn2C1. The van der Waals surface area contributed by atoms with Gasteiger partial charge in [0.1, 0.15) is 11.6 Å². The Labute approximate surface area is 145 Å². The van der Waals surface area contributed by atoms with Crippen LogP contribution in [-0.2, 0) is 22.6 Å². The fourth-order valence-corrected chi connectivity index (χ4v) is 3.40. The summed E-state index contributed by atoms with van der Waals surface area (Å²) in [5.41, 5.74) is 0.729.